The molecule has 0 saturated heterocycles. The van der Waals surface area contributed by atoms with Crippen LogP contribution in [0.15, 0.2) is 70.6 Å². The topological polar surface area (TPSA) is 54.9 Å². The second kappa shape index (κ2) is 10.0. The van der Waals surface area contributed by atoms with Crippen LogP contribution >= 0.6 is 23.1 Å². The number of hydrogen-bond acceptors (Lipinski definition) is 5. The summed E-state index contributed by atoms with van der Waals surface area (Å²) in [5, 5.41) is 11.6. The first-order valence-corrected chi connectivity index (χ1v) is 10.6. The van der Waals surface area contributed by atoms with E-state index in [0.29, 0.717) is 10.7 Å². The molecular formula is C21H21N3OS2. The molecule has 27 heavy (non-hydrogen) atoms. The first-order chi connectivity index (χ1) is 13.2. The second-order valence-corrected chi connectivity index (χ2v) is 8.32. The minimum atomic E-state index is -0.157. The van der Waals surface area contributed by atoms with Crippen LogP contribution in [-0.2, 0) is 11.2 Å². The van der Waals surface area contributed by atoms with Crippen LogP contribution in [0.5, 0.6) is 0 Å². The molecule has 6 heteroatoms. The highest BCUT2D eigenvalue weighted by molar-refractivity contribution is 8.01. The Bertz CT molecular complexity index is 892. The number of carbonyl (C=O) groups excluding carboxylic acids is 1. The molecule has 0 aliphatic rings. The summed E-state index contributed by atoms with van der Waals surface area (Å²) in [5.74, 6) is 0.820. The Balaban J connectivity index is 1.46. The van der Waals surface area contributed by atoms with Crippen molar-refractivity contribution in [3.8, 4) is 0 Å². The van der Waals surface area contributed by atoms with Gasteiger partial charge in [-0.25, -0.2) is 0 Å². The fourth-order valence-electron chi connectivity index (χ4n) is 2.46. The number of nitrogens with zero attached hydrogens (tertiary/aromatic N) is 2. The fourth-order valence-corrected chi connectivity index (χ4v) is 4.22. The van der Waals surface area contributed by atoms with E-state index in [1.54, 1.807) is 18.7 Å². The van der Waals surface area contributed by atoms with E-state index in [4.69, 9.17) is 0 Å². The largest absolute Gasteiger partial charge is 0.297 e. The molecule has 138 valence electrons. The second-order valence-electron chi connectivity index (χ2n) is 6.00. The van der Waals surface area contributed by atoms with Gasteiger partial charge < -0.3 is 0 Å². The van der Waals surface area contributed by atoms with Crippen LogP contribution in [0.3, 0.4) is 0 Å². The van der Waals surface area contributed by atoms with Gasteiger partial charge in [-0.1, -0.05) is 83.8 Å². The molecule has 1 aromatic heterocycles. The average Bonchev–Trinajstić information content (AvgIpc) is 3.14. The molecule has 0 radical (unpaired) electrons. The van der Waals surface area contributed by atoms with Crippen molar-refractivity contribution in [1.29, 1.82) is 0 Å². The maximum Gasteiger partial charge on any atom is 0.253 e. The van der Waals surface area contributed by atoms with E-state index in [-0.39, 0.29) is 5.91 Å². The third-order valence-electron chi connectivity index (χ3n) is 3.85. The number of benzene rings is 2. The van der Waals surface area contributed by atoms with Crippen molar-refractivity contribution in [2.75, 3.05) is 11.1 Å². The Morgan fingerprint density at radius 1 is 1.07 bits per heavy atom. The van der Waals surface area contributed by atoms with Crippen LogP contribution in [-0.4, -0.2) is 21.9 Å². The average molecular weight is 396 g/mol. The van der Waals surface area contributed by atoms with E-state index in [9.17, 15) is 4.79 Å². The zero-order valence-corrected chi connectivity index (χ0v) is 16.7. The molecule has 0 atom stereocenters. The highest BCUT2D eigenvalue weighted by atomic mass is 32.2. The number of aryl methyl sites for hydroxylation is 1. The monoisotopic (exact) mass is 395 g/mol. The number of nitrogens with one attached hydrogen (secondary N) is 1. The quantitative estimate of drug-likeness (QED) is 0.243. The van der Waals surface area contributed by atoms with Crippen LogP contribution in [0.1, 0.15) is 24.5 Å². The summed E-state index contributed by atoms with van der Waals surface area (Å²) in [7, 11) is 0. The molecule has 3 aromatic rings. The van der Waals surface area contributed by atoms with Gasteiger partial charge in [-0.05, 0) is 37.0 Å². The molecule has 1 amide bonds. The van der Waals surface area contributed by atoms with Crippen LogP contribution in [0.4, 0.5) is 5.13 Å². The molecule has 2 aromatic carbocycles. The van der Waals surface area contributed by atoms with Gasteiger partial charge in [0.1, 0.15) is 0 Å². The summed E-state index contributed by atoms with van der Waals surface area (Å²) in [4.78, 5) is 12.3. The molecule has 0 unspecified atom stereocenters. The predicted molar refractivity (Wildman–Crippen MR) is 114 cm³/mol. The lowest BCUT2D eigenvalue weighted by atomic mass is 10.1. The van der Waals surface area contributed by atoms with Gasteiger partial charge in [0.25, 0.3) is 5.91 Å². The number of carbonyl (C=O) groups is 1. The Morgan fingerprint density at radius 3 is 2.52 bits per heavy atom. The third-order valence-corrected chi connectivity index (χ3v) is 5.90. The molecule has 0 aliphatic heterocycles. The zero-order chi connectivity index (χ0) is 18.9. The fraction of sp³-hybridized carbons (Fsp3) is 0.190. The van der Waals surface area contributed by atoms with Crippen molar-refractivity contribution >= 4 is 40.2 Å². The van der Waals surface area contributed by atoms with Crippen molar-refractivity contribution < 1.29 is 4.79 Å². The summed E-state index contributed by atoms with van der Waals surface area (Å²) in [6.45, 7) is 1.79. The maximum absolute atomic E-state index is 12.3. The van der Waals surface area contributed by atoms with Gasteiger partial charge in [0, 0.05) is 11.3 Å². The molecule has 0 fully saturated rings. The lowest BCUT2D eigenvalue weighted by Crippen LogP contribution is -2.12. The lowest BCUT2D eigenvalue weighted by molar-refractivity contribution is -0.112. The van der Waals surface area contributed by atoms with Crippen molar-refractivity contribution in [1.82, 2.24) is 10.2 Å². The van der Waals surface area contributed by atoms with Gasteiger partial charge in [-0.2, -0.15) is 0 Å². The van der Waals surface area contributed by atoms with E-state index in [0.717, 1.165) is 28.5 Å². The van der Waals surface area contributed by atoms with Gasteiger partial charge in [0.2, 0.25) is 5.13 Å². The highest BCUT2D eigenvalue weighted by Gasteiger charge is 2.10. The summed E-state index contributed by atoms with van der Waals surface area (Å²) >= 11 is 3.09. The minimum Gasteiger partial charge on any atom is -0.297 e. The van der Waals surface area contributed by atoms with Crippen LogP contribution in [0, 0.1) is 0 Å². The van der Waals surface area contributed by atoms with Gasteiger partial charge in [-0.3, -0.25) is 10.1 Å². The first kappa shape index (κ1) is 19.3. The Labute approximate surface area is 167 Å². The highest BCUT2D eigenvalue weighted by Crippen LogP contribution is 2.26. The predicted octanol–water partition coefficient (Wildman–Crippen LogP) is 5.31. The number of amides is 1. The van der Waals surface area contributed by atoms with E-state index >= 15 is 0 Å². The number of rotatable bonds is 8. The van der Waals surface area contributed by atoms with E-state index in [2.05, 4.69) is 39.8 Å². The standard InChI is InChI=1S/C21H21N3OS2/c1-16(15-18-11-6-3-7-12-18)19(25)22-20-23-24-21(27-20)26-14-8-13-17-9-4-2-5-10-17/h2-7,9-12,15H,8,13-14H2,1H3,(H,22,23,25)/b16-15+. The number of thioether (sulfide) groups is 1. The van der Waals surface area contributed by atoms with Crippen LogP contribution < -0.4 is 5.32 Å². The van der Waals surface area contributed by atoms with Gasteiger partial charge in [0.05, 0.1) is 0 Å². The lowest BCUT2D eigenvalue weighted by Gasteiger charge is -2.01. The first-order valence-electron chi connectivity index (χ1n) is 8.75. The van der Waals surface area contributed by atoms with E-state index in [1.807, 2.05) is 42.5 Å². The molecule has 3 rings (SSSR count). The molecule has 0 aliphatic carbocycles. The summed E-state index contributed by atoms with van der Waals surface area (Å²) in [6, 6.07) is 20.2. The normalized spacial score (nSPS) is 11.4. The molecule has 0 spiro atoms. The molecule has 0 saturated carbocycles. The summed E-state index contributed by atoms with van der Waals surface area (Å²) < 4.78 is 0.878. The zero-order valence-electron chi connectivity index (χ0n) is 15.1. The Kier molecular flexibility index (Phi) is 7.19. The van der Waals surface area contributed by atoms with E-state index in [1.165, 1.54) is 16.9 Å². The summed E-state index contributed by atoms with van der Waals surface area (Å²) in [5.41, 5.74) is 2.98. The molecular weight excluding hydrogens is 374 g/mol. The number of aromatic nitrogens is 2. The van der Waals surface area contributed by atoms with Gasteiger partial charge in [0.15, 0.2) is 4.34 Å². The van der Waals surface area contributed by atoms with Gasteiger partial charge in [-0.15, -0.1) is 10.2 Å². The van der Waals surface area contributed by atoms with Crippen LogP contribution in [0.2, 0.25) is 0 Å². The SMILES string of the molecule is C/C(=C\c1ccccc1)C(=O)Nc1nnc(SCCCc2ccccc2)s1. The number of hydrogen-bond donors (Lipinski definition) is 1. The van der Waals surface area contributed by atoms with E-state index < -0.39 is 0 Å². The van der Waals surface area contributed by atoms with Crippen molar-refractivity contribution in [2.45, 2.75) is 24.1 Å². The Morgan fingerprint density at radius 2 is 1.78 bits per heavy atom. The maximum atomic E-state index is 12.3. The summed E-state index contributed by atoms with van der Waals surface area (Å²) in [6.07, 6.45) is 3.99. The van der Waals surface area contributed by atoms with Gasteiger partial charge >= 0.3 is 0 Å². The molecule has 1 heterocycles. The third kappa shape index (κ3) is 6.34. The van der Waals surface area contributed by atoms with Crippen molar-refractivity contribution in [3.63, 3.8) is 0 Å². The van der Waals surface area contributed by atoms with Crippen LogP contribution in [0.25, 0.3) is 6.08 Å². The molecule has 4 nitrogen and oxygen atoms in total. The van der Waals surface area contributed by atoms with Crippen molar-refractivity contribution in [3.05, 3.63) is 77.4 Å². The smallest absolute Gasteiger partial charge is 0.253 e. The molecule has 0 bridgehead atoms. The molecule has 1 N–H and O–H groups in total. The van der Waals surface area contributed by atoms with Crippen molar-refractivity contribution in [2.24, 2.45) is 0 Å². The minimum absolute atomic E-state index is 0.157. The number of anilines is 1. The Hall–Kier alpha value is -2.44.